The molecule has 1 aliphatic heterocycles. The molecule has 0 saturated carbocycles. The molecule has 10 nitrogen and oxygen atoms in total. The maximum Gasteiger partial charge on any atom is 0.326 e. The minimum absolute atomic E-state index is 0.00290. The highest BCUT2D eigenvalue weighted by atomic mass is 16.7. The van der Waals surface area contributed by atoms with Crippen molar-refractivity contribution in [1.29, 1.82) is 0 Å². The van der Waals surface area contributed by atoms with Gasteiger partial charge in [0.1, 0.15) is 5.69 Å². The van der Waals surface area contributed by atoms with Crippen LogP contribution in [0.1, 0.15) is 37.4 Å². The number of carbonyl (C=O) groups excluding carboxylic acids is 2. The Morgan fingerprint density at radius 1 is 1.24 bits per heavy atom. The number of pyridine rings is 1. The van der Waals surface area contributed by atoms with Gasteiger partial charge in [0.15, 0.2) is 0 Å². The van der Waals surface area contributed by atoms with E-state index in [0.717, 1.165) is 6.07 Å². The van der Waals surface area contributed by atoms with Crippen LogP contribution >= 0.6 is 0 Å². The number of carbonyl (C=O) groups is 2. The maximum atomic E-state index is 12.2. The predicted molar refractivity (Wildman–Crippen MR) is 81.5 cm³/mol. The number of rotatable bonds is 7. The van der Waals surface area contributed by atoms with Crippen LogP contribution in [-0.4, -0.2) is 48.3 Å². The Balaban J connectivity index is 2.51. The fraction of sp³-hybridized carbons (Fsp3) is 0.533. The van der Waals surface area contributed by atoms with Gasteiger partial charge in [-0.25, -0.2) is 4.98 Å². The second-order valence-electron chi connectivity index (χ2n) is 4.91. The van der Waals surface area contributed by atoms with E-state index in [1.807, 2.05) is 0 Å². The van der Waals surface area contributed by atoms with Crippen molar-refractivity contribution in [1.82, 2.24) is 4.98 Å². The first-order valence-corrected chi connectivity index (χ1v) is 7.71. The molecule has 0 spiro atoms. The average Bonchev–Trinajstić information content (AvgIpc) is 3.09. The first-order valence-electron chi connectivity index (χ1n) is 7.71. The maximum absolute atomic E-state index is 12.2. The van der Waals surface area contributed by atoms with Gasteiger partial charge in [0.25, 0.3) is 5.69 Å². The number of hydrogen-bond donors (Lipinski definition) is 0. The lowest BCUT2D eigenvalue weighted by Crippen LogP contribution is -2.28. The SMILES string of the molecule is CCOC(=O)C(C(=O)OCC)c1nc(C2OCCO2)ccc1[N+](=O)[O-]. The van der Waals surface area contributed by atoms with Crippen LogP contribution in [0.4, 0.5) is 5.69 Å². The van der Waals surface area contributed by atoms with Crippen LogP contribution < -0.4 is 0 Å². The molecule has 0 aromatic carbocycles. The van der Waals surface area contributed by atoms with Crippen LogP contribution in [-0.2, 0) is 28.5 Å². The van der Waals surface area contributed by atoms with Gasteiger partial charge in [-0.3, -0.25) is 19.7 Å². The molecule has 136 valence electrons. The summed E-state index contributed by atoms with van der Waals surface area (Å²) in [4.78, 5) is 39.1. The topological polar surface area (TPSA) is 127 Å². The van der Waals surface area contributed by atoms with Crippen LogP contribution in [0.5, 0.6) is 0 Å². The van der Waals surface area contributed by atoms with E-state index >= 15 is 0 Å². The molecule has 0 amide bonds. The highest BCUT2D eigenvalue weighted by Crippen LogP contribution is 2.31. The Hall–Kier alpha value is -2.59. The smallest absolute Gasteiger partial charge is 0.326 e. The van der Waals surface area contributed by atoms with Crippen molar-refractivity contribution in [3.05, 3.63) is 33.6 Å². The molecule has 1 saturated heterocycles. The lowest BCUT2D eigenvalue weighted by Gasteiger charge is -2.16. The molecular formula is C15H18N2O8. The lowest BCUT2D eigenvalue weighted by molar-refractivity contribution is -0.386. The molecule has 0 bridgehead atoms. The number of esters is 2. The molecular weight excluding hydrogens is 336 g/mol. The molecule has 0 aliphatic carbocycles. The summed E-state index contributed by atoms with van der Waals surface area (Å²) < 4.78 is 20.3. The number of nitrogens with zero attached hydrogens (tertiary/aromatic N) is 2. The Morgan fingerprint density at radius 3 is 2.28 bits per heavy atom. The molecule has 0 N–H and O–H groups in total. The third-order valence-electron chi connectivity index (χ3n) is 3.30. The van der Waals surface area contributed by atoms with Crippen molar-refractivity contribution < 1.29 is 33.5 Å². The molecule has 1 fully saturated rings. The summed E-state index contributed by atoms with van der Waals surface area (Å²) in [5.41, 5.74) is -0.636. The van der Waals surface area contributed by atoms with Crippen molar-refractivity contribution in [2.75, 3.05) is 26.4 Å². The van der Waals surface area contributed by atoms with E-state index in [1.54, 1.807) is 13.8 Å². The van der Waals surface area contributed by atoms with Gasteiger partial charge < -0.3 is 18.9 Å². The van der Waals surface area contributed by atoms with Crippen LogP contribution in [0.2, 0.25) is 0 Å². The normalized spacial score (nSPS) is 14.5. The zero-order valence-corrected chi connectivity index (χ0v) is 13.8. The highest BCUT2D eigenvalue weighted by molar-refractivity contribution is 6.01. The zero-order chi connectivity index (χ0) is 18.4. The molecule has 25 heavy (non-hydrogen) atoms. The fourth-order valence-corrected chi connectivity index (χ4v) is 2.28. The Morgan fingerprint density at radius 2 is 1.80 bits per heavy atom. The van der Waals surface area contributed by atoms with Gasteiger partial charge in [0.2, 0.25) is 12.2 Å². The predicted octanol–water partition coefficient (Wildman–Crippen LogP) is 1.24. The number of ether oxygens (including phenoxy) is 4. The van der Waals surface area contributed by atoms with Gasteiger partial charge in [-0.1, -0.05) is 0 Å². The third kappa shape index (κ3) is 4.28. The number of nitro groups is 1. The Bertz CT molecular complexity index is 639. The van der Waals surface area contributed by atoms with E-state index in [0.29, 0.717) is 13.2 Å². The average molecular weight is 354 g/mol. The summed E-state index contributed by atoms with van der Waals surface area (Å²) in [5.74, 6) is -3.61. The minimum Gasteiger partial charge on any atom is -0.465 e. The van der Waals surface area contributed by atoms with Gasteiger partial charge in [-0.15, -0.1) is 0 Å². The highest BCUT2D eigenvalue weighted by Gasteiger charge is 2.39. The summed E-state index contributed by atoms with van der Waals surface area (Å²) in [7, 11) is 0. The van der Waals surface area contributed by atoms with Crippen molar-refractivity contribution >= 4 is 17.6 Å². The van der Waals surface area contributed by atoms with E-state index in [9.17, 15) is 19.7 Å². The quantitative estimate of drug-likeness (QED) is 0.307. The van der Waals surface area contributed by atoms with E-state index in [1.165, 1.54) is 6.07 Å². The van der Waals surface area contributed by atoms with Crippen molar-refractivity contribution in [2.45, 2.75) is 26.1 Å². The Labute approximate surface area is 143 Å². The van der Waals surface area contributed by atoms with Gasteiger partial charge >= 0.3 is 11.9 Å². The number of aromatic nitrogens is 1. The fourth-order valence-electron chi connectivity index (χ4n) is 2.28. The largest absolute Gasteiger partial charge is 0.465 e. The van der Waals surface area contributed by atoms with Crippen molar-refractivity contribution in [3.8, 4) is 0 Å². The standard InChI is InChI=1S/C15H18N2O8/c1-3-22-13(18)11(14(19)23-4-2)12-10(17(20)21)6-5-9(16-12)15-24-7-8-25-15/h5-6,11,15H,3-4,7-8H2,1-2H3. The lowest BCUT2D eigenvalue weighted by atomic mass is 10.0. The van der Waals surface area contributed by atoms with Crippen LogP contribution in [0, 0.1) is 10.1 Å². The minimum atomic E-state index is -1.67. The first-order chi connectivity index (χ1) is 12.0. The summed E-state index contributed by atoms with van der Waals surface area (Å²) in [6, 6.07) is 2.50. The Kier molecular flexibility index (Phi) is 6.37. The monoisotopic (exact) mass is 354 g/mol. The van der Waals surface area contributed by atoms with E-state index in [-0.39, 0.29) is 24.6 Å². The summed E-state index contributed by atoms with van der Waals surface area (Å²) in [6.07, 6.45) is -0.815. The molecule has 1 aliphatic rings. The molecule has 0 radical (unpaired) electrons. The van der Waals surface area contributed by atoms with Crippen molar-refractivity contribution in [2.24, 2.45) is 0 Å². The molecule has 1 aromatic rings. The second-order valence-corrected chi connectivity index (χ2v) is 4.91. The molecule has 10 heteroatoms. The van der Waals surface area contributed by atoms with Crippen LogP contribution in [0.15, 0.2) is 12.1 Å². The van der Waals surface area contributed by atoms with Gasteiger partial charge in [-0.2, -0.15) is 0 Å². The second kappa shape index (κ2) is 8.49. The summed E-state index contributed by atoms with van der Waals surface area (Å²) >= 11 is 0. The zero-order valence-electron chi connectivity index (χ0n) is 13.8. The molecule has 0 atom stereocenters. The number of hydrogen-bond acceptors (Lipinski definition) is 9. The van der Waals surface area contributed by atoms with Gasteiger partial charge in [0, 0.05) is 6.07 Å². The van der Waals surface area contributed by atoms with Gasteiger partial charge in [-0.05, 0) is 19.9 Å². The van der Waals surface area contributed by atoms with Crippen LogP contribution in [0.3, 0.4) is 0 Å². The molecule has 1 aromatic heterocycles. The third-order valence-corrected chi connectivity index (χ3v) is 3.30. The van der Waals surface area contributed by atoms with E-state index < -0.39 is 34.8 Å². The van der Waals surface area contributed by atoms with Crippen LogP contribution in [0.25, 0.3) is 0 Å². The molecule has 2 rings (SSSR count). The first kappa shape index (κ1) is 18.7. The van der Waals surface area contributed by atoms with Gasteiger partial charge in [0.05, 0.1) is 37.0 Å². The molecule has 0 unspecified atom stereocenters. The summed E-state index contributed by atoms with van der Waals surface area (Å²) in [5, 5.41) is 11.3. The van der Waals surface area contributed by atoms with E-state index in [4.69, 9.17) is 18.9 Å². The molecule has 2 heterocycles. The summed E-state index contributed by atoms with van der Waals surface area (Å²) in [6.45, 7) is 3.79. The van der Waals surface area contributed by atoms with Crippen molar-refractivity contribution in [3.63, 3.8) is 0 Å². The van der Waals surface area contributed by atoms with E-state index in [2.05, 4.69) is 4.98 Å².